The monoisotopic (exact) mass is 434 g/mol. The Bertz CT molecular complexity index is 830. The third-order valence-corrected chi connectivity index (χ3v) is 5.20. The first kappa shape index (κ1) is 24.5. The number of aliphatic hydroxyl groups is 1. The van der Waals surface area contributed by atoms with Gasteiger partial charge in [0.15, 0.2) is 5.78 Å². The van der Waals surface area contributed by atoms with Crippen molar-refractivity contribution >= 4 is 23.7 Å². The summed E-state index contributed by atoms with van der Waals surface area (Å²) >= 11 is 0. The van der Waals surface area contributed by atoms with Gasteiger partial charge in [0, 0.05) is 12.3 Å². The number of esters is 3. The van der Waals surface area contributed by atoms with E-state index in [0.717, 1.165) is 0 Å². The fourth-order valence-corrected chi connectivity index (χ4v) is 3.99. The summed E-state index contributed by atoms with van der Waals surface area (Å²) in [5.74, 6) is -6.06. The Hall–Kier alpha value is -2.74. The van der Waals surface area contributed by atoms with E-state index in [4.69, 9.17) is 14.2 Å². The molecule has 1 aromatic rings. The van der Waals surface area contributed by atoms with Crippen molar-refractivity contribution in [2.75, 3.05) is 7.11 Å². The van der Waals surface area contributed by atoms with E-state index in [-0.39, 0.29) is 12.0 Å². The first-order chi connectivity index (χ1) is 14.4. The summed E-state index contributed by atoms with van der Waals surface area (Å²) in [6, 6.07) is 6.03. The second-order valence-corrected chi connectivity index (χ2v) is 8.57. The maximum Gasteiger partial charge on any atom is 0.337 e. The van der Waals surface area contributed by atoms with Gasteiger partial charge in [-0.3, -0.25) is 14.4 Å². The maximum absolute atomic E-state index is 13.0. The lowest BCUT2D eigenvalue weighted by Gasteiger charge is -2.44. The van der Waals surface area contributed by atoms with E-state index in [1.165, 1.54) is 38.3 Å². The second kappa shape index (κ2) is 9.60. The standard InChI is InChI=1S/C23H30O8/c1-12(2)30-21(26)18-16(24)11-23(5,28)19(22(27)31-13(3)4)17(18)14-7-9-15(10-8-14)20(25)29-6/h7-10,12-13,17-19,28H,11H2,1-6H3/t17-,18-,19+,23-/m0/s1. The van der Waals surface area contributed by atoms with Crippen LogP contribution in [0.15, 0.2) is 24.3 Å². The van der Waals surface area contributed by atoms with Gasteiger partial charge in [-0.25, -0.2) is 4.79 Å². The minimum absolute atomic E-state index is 0.266. The van der Waals surface area contributed by atoms with Crippen LogP contribution < -0.4 is 0 Å². The molecule has 0 saturated heterocycles. The zero-order valence-electron chi connectivity index (χ0n) is 18.7. The number of benzene rings is 1. The summed E-state index contributed by atoms with van der Waals surface area (Å²) in [5, 5.41) is 11.0. The molecule has 170 valence electrons. The molecule has 1 aliphatic carbocycles. The van der Waals surface area contributed by atoms with E-state index in [1.807, 2.05) is 0 Å². The SMILES string of the molecule is COC(=O)c1ccc([C@H]2[C@@H](C(=O)OC(C)C)C(=O)C[C@](C)(O)[C@H]2C(=O)OC(C)C)cc1. The van der Waals surface area contributed by atoms with E-state index < -0.39 is 59.3 Å². The van der Waals surface area contributed by atoms with Gasteiger partial charge in [-0.05, 0) is 52.3 Å². The van der Waals surface area contributed by atoms with E-state index in [0.29, 0.717) is 5.56 Å². The third kappa shape index (κ3) is 5.50. The number of hydrogen-bond acceptors (Lipinski definition) is 8. The molecule has 0 bridgehead atoms. The topological polar surface area (TPSA) is 116 Å². The Labute approximate surface area is 181 Å². The Morgan fingerprint density at radius 1 is 1.00 bits per heavy atom. The summed E-state index contributed by atoms with van der Waals surface area (Å²) in [6.45, 7) is 8.05. The molecule has 0 aromatic heterocycles. The van der Waals surface area contributed by atoms with Gasteiger partial charge in [0.1, 0.15) is 5.92 Å². The van der Waals surface area contributed by atoms with Crippen molar-refractivity contribution in [2.45, 2.75) is 64.8 Å². The highest BCUT2D eigenvalue weighted by molar-refractivity contribution is 6.03. The highest BCUT2D eigenvalue weighted by atomic mass is 16.5. The van der Waals surface area contributed by atoms with Crippen molar-refractivity contribution in [2.24, 2.45) is 11.8 Å². The van der Waals surface area contributed by atoms with Crippen LogP contribution in [0.5, 0.6) is 0 Å². The van der Waals surface area contributed by atoms with Crippen LogP contribution in [0.1, 0.15) is 62.9 Å². The molecule has 1 fully saturated rings. The number of hydrogen-bond donors (Lipinski definition) is 1. The minimum atomic E-state index is -1.73. The lowest BCUT2D eigenvalue weighted by atomic mass is 9.61. The molecule has 1 saturated carbocycles. The number of carbonyl (C=O) groups is 4. The van der Waals surface area contributed by atoms with Crippen molar-refractivity contribution in [3.8, 4) is 0 Å². The number of Topliss-reactive ketones (excluding diaryl/α,β-unsaturated/α-hetero) is 1. The molecule has 0 amide bonds. The summed E-state index contributed by atoms with van der Waals surface area (Å²) in [6.07, 6.45) is -1.31. The Morgan fingerprint density at radius 2 is 1.52 bits per heavy atom. The molecule has 31 heavy (non-hydrogen) atoms. The Kier molecular flexibility index (Phi) is 7.59. The smallest absolute Gasteiger partial charge is 0.337 e. The van der Waals surface area contributed by atoms with Crippen LogP contribution in [0.3, 0.4) is 0 Å². The normalized spacial score (nSPS) is 26.0. The van der Waals surface area contributed by atoms with Crippen LogP contribution in [-0.4, -0.2) is 53.7 Å². The molecule has 0 aliphatic heterocycles. The molecule has 4 atom stereocenters. The van der Waals surface area contributed by atoms with Crippen molar-refractivity contribution in [1.82, 2.24) is 0 Å². The minimum Gasteiger partial charge on any atom is -0.465 e. The molecular formula is C23H30O8. The average molecular weight is 434 g/mol. The lowest BCUT2D eigenvalue weighted by molar-refractivity contribution is -0.176. The van der Waals surface area contributed by atoms with Gasteiger partial charge in [-0.2, -0.15) is 0 Å². The fraction of sp³-hybridized carbons (Fsp3) is 0.565. The van der Waals surface area contributed by atoms with E-state index in [9.17, 15) is 24.3 Å². The van der Waals surface area contributed by atoms with Crippen molar-refractivity contribution in [3.05, 3.63) is 35.4 Å². The van der Waals surface area contributed by atoms with Gasteiger partial charge in [0.25, 0.3) is 0 Å². The van der Waals surface area contributed by atoms with Crippen LogP contribution >= 0.6 is 0 Å². The highest BCUT2D eigenvalue weighted by Gasteiger charge is 2.57. The summed E-state index contributed by atoms with van der Waals surface area (Å²) in [5.41, 5.74) is -1.04. The average Bonchev–Trinajstić information content (AvgIpc) is 2.64. The van der Waals surface area contributed by atoms with Crippen molar-refractivity contribution < 1.29 is 38.5 Å². The van der Waals surface area contributed by atoms with Gasteiger partial charge >= 0.3 is 17.9 Å². The van der Waals surface area contributed by atoms with Gasteiger partial charge in [0.05, 0.1) is 36.4 Å². The molecule has 0 radical (unpaired) electrons. The molecule has 0 heterocycles. The van der Waals surface area contributed by atoms with Gasteiger partial charge in [0.2, 0.25) is 0 Å². The largest absolute Gasteiger partial charge is 0.465 e. The number of ketones is 1. The number of carbonyl (C=O) groups excluding carboxylic acids is 4. The van der Waals surface area contributed by atoms with Gasteiger partial charge in [-0.15, -0.1) is 0 Å². The molecule has 0 spiro atoms. The predicted molar refractivity (Wildman–Crippen MR) is 110 cm³/mol. The maximum atomic E-state index is 13.0. The molecule has 2 rings (SSSR count). The van der Waals surface area contributed by atoms with E-state index in [2.05, 4.69) is 0 Å². The number of ether oxygens (including phenoxy) is 3. The quantitative estimate of drug-likeness (QED) is 0.412. The molecular weight excluding hydrogens is 404 g/mol. The summed E-state index contributed by atoms with van der Waals surface area (Å²) < 4.78 is 15.4. The zero-order valence-corrected chi connectivity index (χ0v) is 18.7. The summed E-state index contributed by atoms with van der Waals surface area (Å²) in [4.78, 5) is 50.6. The first-order valence-corrected chi connectivity index (χ1v) is 10.2. The summed E-state index contributed by atoms with van der Waals surface area (Å²) in [7, 11) is 1.25. The fourth-order valence-electron chi connectivity index (χ4n) is 3.99. The number of rotatable bonds is 6. The van der Waals surface area contributed by atoms with Crippen LogP contribution in [0.25, 0.3) is 0 Å². The van der Waals surface area contributed by atoms with E-state index in [1.54, 1.807) is 27.7 Å². The van der Waals surface area contributed by atoms with Crippen LogP contribution in [0.4, 0.5) is 0 Å². The number of methoxy groups -OCH3 is 1. The van der Waals surface area contributed by atoms with Crippen LogP contribution in [0, 0.1) is 11.8 Å². The van der Waals surface area contributed by atoms with Crippen molar-refractivity contribution in [3.63, 3.8) is 0 Å². The zero-order chi connectivity index (χ0) is 23.5. The Balaban J connectivity index is 2.61. The molecule has 1 aliphatic rings. The second-order valence-electron chi connectivity index (χ2n) is 8.57. The van der Waals surface area contributed by atoms with Gasteiger partial charge < -0.3 is 19.3 Å². The van der Waals surface area contributed by atoms with Gasteiger partial charge in [-0.1, -0.05) is 12.1 Å². The first-order valence-electron chi connectivity index (χ1n) is 10.2. The highest BCUT2D eigenvalue weighted by Crippen LogP contribution is 2.47. The van der Waals surface area contributed by atoms with Crippen LogP contribution in [-0.2, 0) is 28.6 Å². The molecule has 1 N–H and O–H groups in total. The van der Waals surface area contributed by atoms with Crippen LogP contribution in [0.2, 0.25) is 0 Å². The predicted octanol–water partition coefficient (Wildman–Crippen LogP) is 2.42. The van der Waals surface area contributed by atoms with Crippen molar-refractivity contribution in [1.29, 1.82) is 0 Å². The molecule has 1 aromatic carbocycles. The van der Waals surface area contributed by atoms with E-state index >= 15 is 0 Å². The lowest BCUT2D eigenvalue weighted by Crippen LogP contribution is -2.55. The molecule has 0 unspecified atom stereocenters. The third-order valence-electron chi connectivity index (χ3n) is 5.20. The molecule has 8 heteroatoms. The molecule has 8 nitrogen and oxygen atoms in total. The Morgan fingerprint density at radius 3 is 2.00 bits per heavy atom.